The van der Waals surface area contributed by atoms with Crippen LogP contribution >= 0.6 is 23.2 Å². The molecule has 0 spiro atoms. The molecule has 0 bridgehead atoms. The molecule has 0 aliphatic rings. The number of halogens is 2. The summed E-state index contributed by atoms with van der Waals surface area (Å²) in [7, 11) is -3.78. The highest BCUT2D eigenvalue weighted by molar-refractivity contribution is 7.92. The molecular weight excluding hydrogens is 497 g/mol. The number of aryl methyl sites for hydroxylation is 2. The quantitative estimate of drug-likeness (QED) is 0.498. The lowest BCUT2D eigenvalue weighted by atomic mass is 10.1. The number of carbonyl (C=O) groups excluding carboxylic acids is 2. The number of hydrogen-bond acceptors (Lipinski definition) is 4. The van der Waals surface area contributed by atoms with Gasteiger partial charge in [0, 0.05) is 23.1 Å². The number of carbonyl (C=O) groups is 2. The Balaban J connectivity index is 2.48. The third-order valence-electron chi connectivity index (χ3n) is 5.55. The highest BCUT2D eigenvalue weighted by Gasteiger charge is 2.32. The number of nitrogens with zero attached hydrogens (tertiary/aromatic N) is 2. The lowest BCUT2D eigenvalue weighted by Gasteiger charge is -2.33. The van der Waals surface area contributed by atoms with Crippen molar-refractivity contribution in [3.05, 3.63) is 63.1 Å². The number of anilines is 1. The Hall–Kier alpha value is -2.29. The van der Waals surface area contributed by atoms with Crippen LogP contribution in [0.4, 0.5) is 5.69 Å². The molecule has 0 aromatic heterocycles. The Morgan fingerprint density at radius 2 is 1.71 bits per heavy atom. The monoisotopic (exact) mass is 527 g/mol. The van der Waals surface area contributed by atoms with E-state index in [1.54, 1.807) is 44.2 Å². The van der Waals surface area contributed by atoms with E-state index in [0.29, 0.717) is 34.3 Å². The number of likely N-dealkylation sites (N-methyl/N-ethyl adjacent to an activating group) is 1. The van der Waals surface area contributed by atoms with E-state index in [-0.39, 0.29) is 12.5 Å². The molecule has 7 nitrogen and oxygen atoms in total. The van der Waals surface area contributed by atoms with Gasteiger partial charge in [-0.2, -0.15) is 0 Å². The van der Waals surface area contributed by atoms with Gasteiger partial charge < -0.3 is 10.2 Å². The van der Waals surface area contributed by atoms with E-state index < -0.39 is 28.5 Å². The first-order chi connectivity index (χ1) is 15.9. The van der Waals surface area contributed by atoms with Gasteiger partial charge in [-0.1, -0.05) is 42.3 Å². The third kappa shape index (κ3) is 7.10. The second-order valence-corrected chi connectivity index (χ2v) is 10.9. The maximum atomic E-state index is 13.6. The summed E-state index contributed by atoms with van der Waals surface area (Å²) >= 11 is 12.3. The normalized spacial score (nSPS) is 12.2. The fraction of sp³-hybridized carbons (Fsp3) is 0.417. The van der Waals surface area contributed by atoms with Gasteiger partial charge in [0.1, 0.15) is 12.6 Å². The summed E-state index contributed by atoms with van der Waals surface area (Å²) in [6.45, 7) is 7.34. The molecule has 0 heterocycles. The Labute approximate surface area is 212 Å². The highest BCUT2D eigenvalue weighted by Crippen LogP contribution is 2.25. The van der Waals surface area contributed by atoms with Gasteiger partial charge in [0.15, 0.2) is 0 Å². The van der Waals surface area contributed by atoms with Gasteiger partial charge in [-0.15, -0.1) is 0 Å². The largest absolute Gasteiger partial charge is 0.355 e. The van der Waals surface area contributed by atoms with E-state index >= 15 is 0 Å². The zero-order chi connectivity index (χ0) is 25.6. The zero-order valence-corrected chi connectivity index (χ0v) is 22.4. The van der Waals surface area contributed by atoms with Crippen molar-refractivity contribution in [3.8, 4) is 0 Å². The van der Waals surface area contributed by atoms with Crippen molar-refractivity contribution in [2.45, 2.75) is 46.7 Å². The van der Waals surface area contributed by atoms with Crippen molar-refractivity contribution in [1.82, 2.24) is 10.2 Å². The van der Waals surface area contributed by atoms with Crippen molar-refractivity contribution in [2.24, 2.45) is 0 Å². The minimum Gasteiger partial charge on any atom is -0.355 e. The predicted octanol–water partition coefficient (Wildman–Crippen LogP) is 4.32. The molecular formula is C24H31Cl2N3O4S. The summed E-state index contributed by atoms with van der Waals surface area (Å²) in [5.74, 6) is -0.840. The molecule has 0 saturated heterocycles. The van der Waals surface area contributed by atoms with E-state index in [1.807, 2.05) is 19.9 Å². The van der Waals surface area contributed by atoms with Crippen LogP contribution in [0.15, 0.2) is 36.4 Å². The molecule has 1 atom stereocenters. The molecule has 34 heavy (non-hydrogen) atoms. The van der Waals surface area contributed by atoms with E-state index in [2.05, 4.69) is 5.32 Å². The molecule has 0 fully saturated rings. The lowest BCUT2D eigenvalue weighted by Crippen LogP contribution is -2.52. The number of benzene rings is 2. The maximum Gasteiger partial charge on any atom is 0.244 e. The summed E-state index contributed by atoms with van der Waals surface area (Å²) in [6, 6.07) is 9.29. The number of rotatable bonds is 10. The summed E-state index contributed by atoms with van der Waals surface area (Å²) in [4.78, 5) is 27.8. The second-order valence-electron chi connectivity index (χ2n) is 8.11. The molecule has 2 aromatic carbocycles. The van der Waals surface area contributed by atoms with E-state index in [1.165, 1.54) is 4.90 Å². The average Bonchev–Trinajstić information content (AvgIpc) is 2.74. The first-order valence-electron chi connectivity index (χ1n) is 10.9. The van der Waals surface area contributed by atoms with E-state index in [9.17, 15) is 18.0 Å². The molecule has 0 aliphatic heterocycles. The Morgan fingerprint density at radius 1 is 1.03 bits per heavy atom. The van der Waals surface area contributed by atoms with Crippen molar-refractivity contribution < 1.29 is 18.0 Å². The fourth-order valence-corrected chi connectivity index (χ4v) is 4.85. The van der Waals surface area contributed by atoms with Gasteiger partial charge >= 0.3 is 0 Å². The number of sulfonamides is 1. The minimum atomic E-state index is -3.78. The van der Waals surface area contributed by atoms with Gasteiger partial charge in [0.25, 0.3) is 0 Å². The molecule has 1 N–H and O–H groups in total. The summed E-state index contributed by atoms with van der Waals surface area (Å²) in [5.41, 5.74) is 2.88. The lowest BCUT2D eigenvalue weighted by molar-refractivity contribution is -0.140. The molecule has 2 rings (SSSR count). The Bertz CT molecular complexity index is 1150. The van der Waals surface area contributed by atoms with Crippen molar-refractivity contribution in [3.63, 3.8) is 0 Å². The van der Waals surface area contributed by atoms with E-state index in [4.69, 9.17) is 23.2 Å². The van der Waals surface area contributed by atoms with Crippen LogP contribution in [0.2, 0.25) is 10.0 Å². The zero-order valence-electron chi connectivity index (χ0n) is 20.1. The van der Waals surface area contributed by atoms with Crippen molar-refractivity contribution in [1.29, 1.82) is 0 Å². The molecule has 10 heteroatoms. The topological polar surface area (TPSA) is 86.8 Å². The second kappa shape index (κ2) is 11.9. The fourth-order valence-electron chi connectivity index (χ4n) is 3.54. The van der Waals surface area contributed by atoms with Crippen LogP contribution in [0, 0.1) is 13.8 Å². The third-order valence-corrected chi connectivity index (χ3v) is 7.28. The highest BCUT2D eigenvalue weighted by atomic mass is 35.5. The van der Waals surface area contributed by atoms with Crippen LogP contribution < -0.4 is 9.62 Å². The van der Waals surface area contributed by atoms with Gasteiger partial charge in [-0.05, 0) is 68.1 Å². The maximum absolute atomic E-state index is 13.6. The Kier molecular flexibility index (Phi) is 9.79. The SMILES string of the molecule is CCNC(=O)C(CC)N(Cc1ccc(Cl)cc1Cl)C(=O)CN(c1ccc(C)c(C)c1)S(C)(=O)=O. The number of amides is 2. The van der Waals surface area contributed by atoms with Gasteiger partial charge in [0.05, 0.1) is 11.9 Å². The van der Waals surface area contributed by atoms with Crippen LogP contribution in [0.25, 0.3) is 0 Å². The van der Waals surface area contributed by atoms with Crippen LogP contribution in [0.5, 0.6) is 0 Å². The van der Waals surface area contributed by atoms with Crippen molar-refractivity contribution >= 4 is 50.7 Å². The van der Waals surface area contributed by atoms with Crippen molar-refractivity contribution in [2.75, 3.05) is 23.7 Å². The summed E-state index contributed by atoms with van der Waals surface area (Å²) in [6.07, 6.45) is 1.39. The summed E-state index contributed by atoms with van der Waals surface area (Å²) in [5, 5.41) is 3.55. The molecule has 2 aromatic rings. The van der Waals surface area contributed by atoms with Gasteiger partial charge in [-0.3, -0.25) is 13.9 Å². The summed E-state index contributed by atoms with van der Waals surface area (Å²) < 4.78 is 26.4. The molecule has 186 valence electrons. The van der Waals surface area contributed by atoms with Crippen LogP contribution in [-0.4, -0.2) is 50.5 Å². The molecule has 0 aliphatic carbocycles. The van der Waals surface area contributed by atoms with Gasteiger partial charge in [0.2, 0.25) is 21.8 Å². The van der Waals surface area contributed by atoms with Gasteiger partial charge in [-0.25, -0.2) is 8.42 Å². The smallest absolute Gasteiger partial charge is 0.244 e. The standard InChI is InChI=1S/C24H31Cl2N3O4S/c1-6-22(24(31)27-7-2)28(14-18-9-10-19(25)13-21(18)26)23(30)15-29(34(5,32)33)20-11-8-16(3)17(4)12-20/h8-13,22H,6-7,14-15H2,1-5H3,(H,27,31). The molecule has 0 saturated carbocycles. The van der Waals surface area contributed by atoms with E-state index in [0.717, 1.165) is 21.7 Å². The first kappa shape index (κ1) is 28.0. The predicted molar refractivity (Wildman–Crippen MR) is 138 cm³/mol. The minimum absolute atomic E-state index is 0.0228. The number of nitrogens with one attached hydrogen (secondary N) is 1. The van der Waals surface area contributed by atoms with Crippen LogP contribution in [0.3, 0.4) is 0 Å². The Morgan fingerprint density at radius 3 is 2.24 bits per heavy atom. The molecule has 2 amide bonds. The molecule has 1 unspecified atom stereocenters. The van der Waals surface area contributed by atoms with Crippen LogP contribution in [-0.2, 0) is 26.2 Å². The van der Waals surface area contributed by atoms with Crippen LogP contribution in [0.1, 0.15) is 37.0 Å². The first-order valence-corrected chi connectivity index (χ1v) is 13.6. The number of hydrogen-bond donors (Lipinski definition) is 1. The average molecular weight is 529 g/mol. The molecule has 0 radical (unpaired) electrons.